The van der Waals surface area contributed by atoms with Crippen LogP contribution in [0.15, 0.2) is 42.6 Å². The van der Waals surface area contributed by atoms with Crippen LogP contribution in [0.5, 0.6) is 0 Å². The van der Waals surface area contributed by atoms with Crippen LogP contribution in [0, 0.1) is 6.92 Å². The summed E-state index contributed by atoms with van der Waals surface area (Å²) in [4.78, 5) is 25.8. The molecule has 3 aromatic rings. The SMILES string of the molecule is Cc1cc(Nc2cc(NC(=O)c3c(Cl)cccc3Cl)ccn2)nc(C(C)C)n1. The van der Waals surface area contributed by atoms with Gasteiger partial charge in [-0.3, -0.25) is 4.79 Å². The highest BCUT2D eigenvalue weighted by Crippen LogP contribution is 2.26. The maximum atomic E-state index is 12.5. The van der Waals surface area contributed by atoms with E-state index in [9.17, 15) is 4.79 Å². The van der Waals surface area contributed by atoms with E-state index < -0.39 is 5.91 Å². The van der Waals surface area contributed by atoms with E-state index in [-0.39, 0.29) is 21.5 Å². The zero-order valence-electron chi connectivity index (χ0n) is 15.6. The van der Waals surface area contributed by atoms with Crippen LogP contribution in [0.3, 0.4) is 0 Å². The van der Waals surface area contributed by atoms with Crippen LogP contribution in [-0.2, 0) is 0 Å². The van der Waals surface area contributed by atoms with Gasteiger partial charge in [-0.25, -0.2) is 15.0 Å². The average molecular weight is 416 g/mol. The van der Waals surface area contributed by atoms with Gasteiger partial charge in [-0.05, 0) is 25.1 Å². The summed E-state index contributed by atoms with van der Waals surface area (Å²) in [7, 11) is 0. The number of carbonyl (C=O) groups excluding carboxylic acids is 1. The zero-order chi connectivity index (χ0) is 20.3. The monoisotopic (exact) mass is 415 g/mol. The van der Waals surface area contributed by atoms with Crippen molar-refractivity contribution in [1.82, 2.24) is 15.0 Å². The van der Waals surface area contributed by atoms with Gasteiger partial charge in [-0.15, -0.1) is 0 Å². The van der Waals surface area contributed by atoms with E-state index in [2.05, 4.69) is 25.6 Å². The number of hydrogen-bond acceptors (Lipinski definition) is 5. The second-order valence-corrected chi connectivity index (χ2v) is 7.33. The fourth-order valence-electron chi connectivity index (χ4n) is 2.53. The molecule has 0 spiro atoms. The molecule has 0 atom stereocenters. The number of pyridine rings is 1. The van der Waals surface area contributed by atoms with Crippen molar-refractivity contribution in [2.24, 2.45) is 0 Å². The van der Waals surface area contributed by atoms with Gasteiger partial charge < -0.3 is 10.6 Å². The van der Waals surface area contributed by atoms with Gasteiger partial charge in [-0.1, -0.05) is 43.1 Å². The van der Waals surface area contributed by atoms with Gasteiger partial charge in [0.15, 0.2) is 0 Å². The first kappa shape index (κ1) is 20.0. The normalized spacial score (nSPS) is 10.8. The van der Waals surface area contributed by atoms with Crippen LogP contribution in [0.25, 0.3) is 0 Å². The topological polar surface area (TPSA) is 79.8 Å². The predicted molar refractivity (Wildman–Crippen MR) is 113 cm³/mol. The van der Waals surface area contributed by atoms with Gasteiger partial charge in [0.1, 0.15) is 17.5 Å². The number of nitrogens with one attached hydrogen (secondary N) is 2. The number of nitrogens with zero attached hydrogens (tertiary/aromatic N) is 3. The van der Waals surface area contributed by atoms with Crippen LogP contribution < -0.4 is 10.6 Å². The molecule has 8 heteroatoms. The lowest BCUT2D eigenvalue weighted by Gasteiger charge is -2.11. The Bertz CT molecular complexity index is 1000. The van der Waals surface area contributed by atoms with Crippen molar-refractivity contribution in [2.75, 3.05) is 10.6 Å². The molecule has 2 N–H and O–H groups in total. The molecule has 0 aliphatic rings. The molecule has 0 saturated carbocycles. The average Bonchev–Trinajstić information content (AvgIpc) is 2.61. The van der Waals surface area contributed by atoms with E-state index in [0.29, 0.717) is 17.3 Å². The van der Waals surface area contributed by atoms with E-state index in [0.717, 1.165) is 11.5 Å². The Morgan fingerprint density at radius 3 is 2.43 bits per heavy atom. The lowest BCUT2D eigenvalue weighted by Crippen LogP contribution is -2.13. The Balaban J connectivity index is 1.80. The Labute approximate surface area is 173 Å². The maximum absolute atomic E-state index is 12.5. The Morgan fingerprint density at radius 1 is 1.04 bits per heavy atom. The first-order chi connectivity index (χ1) is 13.3. The second kappa shape index (κ2) is 8.54. The van der Waals surface area contributed by atoms with Gasteiger partial charge in [0.05, 0.1) is 15.6 Å². The molecule has 0 saturated heterocycles. The van der Waals surface area contributed by atoms with E-state index in [4.69, 9.17) is 23.2 Å². The molecule has 0 aliphatic heterocycles. The molecule has 2 heterocycles. The molecule has 0 bridgehead atoms. The smallest absolute Gasteiger partial charge is 0.258 e. The number of rotatable bonds is 5. The Hall–Kier alpha value is -2.70. The molecule has 6 nitrogen and oxygen atoms in total. The van der Waals surface area contributed by atoms with E-state index in [1.807, 2.05) is 26.8 Å². The fraction of sp³-hybridized carbons (Fsp3) is 0.200. The quantitative estimate of drug-likeness (QED) is 0.566. The molecule has 0 unspecified atom stereocenters. The Kier molecular flexibility index (Phi) is 6.11. The zero-order valence-corrected chi connectivity index (χ0v) is 17.1. The first-order valence-electron chi connectivity index (χ1n) is 8.67. The van der Waals surface area contributed by atoms with Crippen molar-refractivity contribution in [1.29, 1.82) is 0 Å². The van der Waals surface area contributed by atoms with Gasteiger partial charge in [-0.2, -0.15) is 0 Å². The van der Waals surface area contributed by atoms with Crippen molar-refractivity contribution >= 4 is 46.4 Å². The highest BCUT2D eigenvalue weighted by molar-refractivity contribution is 6.40. The van der Waals surface area contributed by atoms with E-state index in [1.165, 1.54) is 0 Å². The lowest BCUT2D eigenvalue weighted by molar-refractivity contribution is 0.102. The van der Waals surface area contributed by atoms with E-state index in [1.54, 1.807) is 36.5 Å². The molecule has 1 aromatic carbocycles. The molecule has 0 aliphatic carbocycles. The number of aromatic nitrogens is 3. The lowest BCUT2D eigenvalue weighted by atomic mass is 10.2. The minimum atomic E-state index is -0.396. The summed E-state index contributed by atoms with van der Waals surface area (Å²) < 4.78 is 0. The third kappa shape index (κ3) is 4.77. The minimum Gasteiger partial charge on any atom is -0.325 e. The van der Waals surface area contributed by atoms with Crippen LogP contribution in [0.4, 0.5) is 17.3 Å². The molecule has 0 fully saturated rings. The van der Waals surface area contributed by atoms with Gasteiger partial charge >= 0.3 is 0 Å². The van der Waals surface area contributed by atoms with Gasteiger partial charge in [0, 0.05) is 35.6 Å². The number of aryl methyl sites for hydroxylation is 1. The number of anilines is 3. The second-order valence-electron chi connectivity index (χ2n) is 6.51. The van der Waals surface area contributed by atoms with Crippen molar-refractivity contribution in [3.8, 4) is 0 Å². The molecular weight excluding hydrogens is 397 g/mol. The number of amides is 1. The van der Waals surface area contributed by atoms with Crippen molar-refractivity contribution < 1.29 is 4.79 Å². The number of halogens is 2. The summed E-state index contributed by atoms with van der Waals surface area (Å²) in [6.45, 7) is 5.98. The van der Waals surface area contributed by atoms with Crippen molar-refractivity contribution in [2.45, 2.75) is 26.7 Å². The molecule has 3 rings (SSSR count). The largest absolute Gasteiger partial charge is 0.325 e. The standard InChI is InChI=1S/C20H19Cl2N5O/c1-11(2)19-24-12(3)9-17(27-19)26-16-10-13(7-8-23-16)25-20(28)18-14(21)5-4-6-15(18)22/h4-11H,1-3H3,(H2,23,24,25,26,27,28). The molecule has 28 heavy (non-hydrogen) atoms. The Morgan fingerprint density at radius 2 is 1.75 bits per heavy atom. The summed E-state index contributed by atoms with van der Waals surface area (Å²) >= 11 is 12.2. The first-order valence-corrected chi connectivity index (χ1v) is 9.43. The fourth-order valence-corrected chi connectivity index (χ4v) is 3.10. The van der Waals surface area contributed by atoms with Crippen LogP contribution >= 0.6 is 23.2 Å². The van der Waals surface area contributed by atoms with E-state index >= 15 is 0 Å². The summed E-state index contributed by atoms with van der Waals surface area (Å²) in [5.41, 5.74) is 1.64. The summed E-state index contributed by atoms with van der Waals surface area (Å²) in [6.07, 6.45) is 1.59. The highest BCUT2D eigenvalue weighted by Gasteiger charge is 2.15. The molecule has 144 valence electrons. The van der Waals surface area contributed by atoms with Crippen molar-refractivity contribution in [3.05, 3.63) is 69.7 Å². The molecular formula is C20H19Cl2N5O. The van der Waals surface area contributed by atoms with Gasteiger partial charge in [0.2, 0.25) is 0 Å². The van der Waals surface area contributed by atoms with Gasteiger partial charge in [0.25, 0.3) is 5.91 Å². The molecule has 2 aromatic heterocycles. The maximum Gasteiger partial charge on any atom is 0.258 e. The number of hydrogen-bond donors (Lipinski definition) is 2. The van der Waals surface area contributed by atoms with Crippen LogP contribution in [-0.4, -0.2) is 20.9 Å². The third-order valence-corrected chi connectivity index (χ3v) is 4.48. The van der Waals surface area contributed by atoms with Crippen LogP contribution in [0.1, 0.15) is 41.6 Å². The summed E-state index contributed by atoms with van der Waals surface area (Å²) in [5.74, 6) is 1.74. The van der Waals surface area contributed by atoms with Crippen molar-refractivity contribution in [3.63, 3.8) is 0 Å². The summed E-state index contributed by atoms with van der Waals surface area (Å²) in [6, 6.07) is 10.1. The molecule has 0 radical (unpaired) electrons. The summed E-state index contributed by atoms with van der Waals surface area (Å²) in [5, 5.41) is 6.51. The predicted octanol–water partition coefficient (Wildman–Crippen LogP) is 5.61. The minimum absolute atomic E-state index is 0.208. The number of benzene rings is 1. The third-order valence-electron chi connectivity index (χ3n) is 3.85. The molecule has 1 amide bonds. The highest BCUT2D eigenvalue weighted by atomic mass is 35.5. The van der Waals surface area contributed by atoms with Crippen LogP contribution in [0.2, 0.25) is 10.0 Å². The number of carbonyl (C=O) groups is 1.